The van der Waals surface area contributed by atoms with Gasteiger partial charge in [0.1, 0.15) is 5.82 Å². The lowest BCUT2D eigenvalue weighted by Gasteiger charge is -2.09. The van der Waals surface area contributed by atoms with E-state index in [1.54, 1.807) is 27.8 Å². The minimum atomic E-state index is -0.287. The van der Waals surface area contributed by atoms with Crippen LogP contribution < -0.4 is 0 Å². The van der Waals surface area contributed by atoms with Crippen LogP contribution >= 0.6 is 0 Å². The number of rotatable bonds is 2. The van der Waals surface area contributed by atoms with Crippen LogP contribution in [0.5, 0.6) is 0 Å². The highest BCUT2D eigenvalue weighted by atomic mass is 19.1. The van der Waals surface area contributed by atoms with Gasteiger partial charge in [-0.1, -0.05) is 20.3 Å². The third kappa shape index (κ3) is 4.17. The van der Waals surface area contributed by atoms with Crippen molar-refractivity contribution in [3.8, 4) is 0 Å². The topological polar surface area (TPSA) is 25.2 Å². The van der Waals surface area contributed by atoms with Gasteiger partial charge in [0.25, 0.3) is 0 Å². The third-order valence-corrected chi connectivity index (χ3v) is 2.37. The number of nitrogens with zero attached hydrogens (tertiary/aromatic N) is 2. The van der Waals surface area contributed by atoms with Crippen molar-refractivity contribution in [1.82, 2.24) is 9.47 Å². The predicted molar refractivity (Wildman–Crippen MR) is 77.0 cm³/mol. The molecule has 2 aromatic rings. The Balaban J connectivity index is 0.000000550. The molecular formula is C15H21FN2O. The number of likely N-dealkylation sites (N-methyl/N-ethyl adjacent to an activating group) is 1. The van der Waals surface area contributed by atoms with E-state index < -0.39 is 0 Å². The van der Waals surface area contributed by atoms with E-state index in [0.29, 0.717) is 6.54 Å². The molecule has 0 N–H and O–H groups in total. The Hall–Kier alpha value is -1.68. The van der Waals surface area contributed by atoms with E-state index in [2.05, 4.69) is 13.8 Å². The maximum atomic E-state index is 13.0. The van der Waals surface area contributed by atoms with Crippen molar-refractivity contribution in [3.05, 3.63) is 36.3 Å². The van der Waals surface area contributed by atoms with Crippen molar-refractivity contribution in [1.29, 1.82) is 0 Å². The van der Waals surface area contributed by atoms with E-state index in [-0.39, 0.29) is 11.7 Å². The molecule has 1 aromatic carbocycles. The van der Waals surface area contributed by atoms with Crippen LogP contribution in [0.2, 0.25) is 0 Å². The van der Waals surface area contributed by atoms with Gasteiger partial charge in [-0.25, -0.2) is 4.39 Å². The van der Waals surface area contributed by atoms with Gasteiger partial charge in [-0.3, -0.25) is 9.36 Å². The summed E-state index contributed by atoms with van der Waals surface area (Å²) in [5.41, 5.74) is 0.744. The van der Waals surface area contributed by atoms with Crippen LogP contribution in [0.25, 0.3) is 10.9 Å². The molecule has 0 unspecified atom stereocenters. The number of hydrogen-bond acceptors (Lipinski definition) is 2. The summed E-state index contributed by atoms with van der Waals surface area (Å²) >= 11 is 0. The van der Waals surface area contributed by atoms with Gasteiger partial charge in [-0.15, -0.1) is 0 Å². The average molecular weight is 264 g/mol. The quantitative estimate of drug-likeness (QED) is 0.830. The molecule has 4 heteroatoms. The standard InChI is InChI=1S/C12H13FN2O.C3H8/c1-14(2)8-12(16)15-6-5-9-7-10(13)3-4-11(9)15;1-3-2/h3-7H,8H2,1-2H3;3H2,1-2H3. The van der Waals surface area contributed by atoms with Gasteiger partial charge in [0.15, 0.2) is 0 Å². The highest BCUT2D eigenvalue weighted by Gasteiger charge is 2.09. The summed E-state index contributed by atoms with van der Waals surface area (Å²) in [7, 11) is 3.67. The molecule has 0 aliphatic carbocycles. The summed E-state index contributed by atoms with van der Waals surface area (Å²) in [4.78, 5) is 13.6. The first-order chi connectivity index (χ1) is 8.99. The van der Waals surface area contributed by atoms with Gasteiger partial charge in [-0.05, 0) is 38.4 Å². The number of halogens is 1. The smallest absolute Gasteiger partial charge is 0.245 e. The molecule has 0 saturated heterocycles. The zero-order chi connectivity index (χ0) is 14.4. The molecule has 0 atom stereocenters. The molecule has 1 heterocycles. The van der Waals surface area contributed by atoms with Gasteiger partial charge >= 0.3 is 0 Å². The molecule has 0 aliphatic rings. The van der Waals surface area contributed by atoms with Crippen molar-refractivity contribution in [2.24, 2.45) is 0 Å². The van der Waals surface area contributed by atoms with Crippen LogP contribution in [0.15, 0.2) is 30.5 Å². The summed E-state index contributed by atoms with van der Waals surface area (Å²) in [5.74, 6) is -0.308. The van der Waals surface area contributed by atoms with Crippen LogP contribution in [0.1, 0.15) is 25.1 Å². The van der Waals surface area contributed by atoms with E-state index in [1.807, 2.05) is 14.1 Å². The van der Waals surface area contributed by atoms with E-state index in [0.717, 1.165) is 10.9 Å². The van der Waals surface area contributed by atoms with Crippen LogP contribution in [0.4, 0.5) is 4.39 Å². The molecule has 0 amide bonds. The van der Waals surface area contributed by atoms with Gasteiger partial charge < -0.3 is 4.90 Å². The Labute approximate surface area is 113 Å². The lowest BCUT2D eigenvalue weighted by atomic mass is 10.2. The predicted octanol–water partition coefficient (Wildman–Crippen LogP) is 3.40. The number of carbonyl (C=O) groups excluding carboxylic acids is 1. The Morgan fingerprint density at radius 2 is 1.89 bits per heavy atom. The molecule has 3 nitrogen and oxygen atoms in total. The lowest BCUT2D eigenvalue weighted by Crippen LogP contribution is -2.25. The second-order valence-corrected chi connectivity index (χ2v) is 4.73. The number of hydrogen-bond donors (Lipinski definition) is 0. The van der Waals surface area contributed by atoms with E-state index in [4.69, 9.17) is 0 Å². The van der Waals surface area contributed by atoms with E-state index in [9.17, 15) is 9.18 Å². The molecule has 19 heavy (non-hydrogen) atoms. The Morgan fingerprint density at radius 3 is 2.47 bits per heavy atom. The first-order valence-electron chi connectivity index (χ1n) is 6.44. The van der Waals surface area contributed by atoms with E-state index >= 15 is 0 Å². The minimum absolute atomic E-state index is 0.0217. The number of benzene rings is 1. The van der Waals surface area contributed by atoms with Crippen LogP contribution in [0, 0.1) is 5.82 Å². The van der Waals surface area contributed by atoms with Crippen molar-refractivity contribution >= 4 is 16.8 Å². The Bertz CT molecular complexity index is 546. The molecular weight excluding hydrogens is 243 g/mol. The van der Waals surface area contributed by atoms with Gasteiger partial charge in [0.05, 0.1) is 12.1 Å². The van der Waals surface area contributed by atoms with Crippen LogP contribution in [-0.2, 0) is 0 Å². The molecule has 2 rings (SSSR count). The second-order valence-electron chi connectivity index (χ2n) is 4.73. The summed E-state index contributed by atoms with van der Waals surface area (Å²) in [6.07, 6.45) is 2.93. The first-order valence-corrected chi connectivity index (χ1v) is 6.44. The minimum Gasteiger partial charge on any atom is -0.301 e. The Kier molecular flexibility index (Phi) is 5.70. The zero-order valence-electron chi connectivity index (χ0n) is 12.0. The summed E-state index contributed by atoms with van der Waals surface area (Å²) < 4.78 is 14.5. The molecule has 0 spiro atoms. The molecule has 0 aliphatic heterocycles. The average Bonchev–Trinajstić information content (AvgIpc) is 2.71. The van der Waals surface area contributed by atoms with Gasteiger partial charge in [0, 0.05) is 11.6 Å². The van der Waals surface area contributed by atoms with Gasteiger partial charge in [-0.2, -0.15) is 0 Å². The van der Waals surface area contributed by atoms with E-state index in [1.165, 1.54) is 18.6 Å². The molecule has 1 aromatic heterocycles. The molecule has 0 radical (unpaired) electrons. The highest BCUT2D eigenvalue weighted by Crippen LogP contribution is 2.16. The van der Waals surface area contributed by atoms with Crippen LogP contribution in [0.3, 0.4) is 0 Å². The fourth-order valence-electron chi connectivity index (χ4n) is 1.68. The van der Waals surface area contributed by atoms with Crippen molar-refractivity contribution < 1.29 is 9.18 Å². The maximum absolute atomic E-state index is 13.0. The van der Waals surface area contributed by atoms with Crippen molar-refractivity contribution in [3.63, 3.8) is 0 Å². The summed E-state index contributed by atoms with van der Waals surface area (Å²) in [5, 5.41) is 0.743. The zero-order valence-corrected chi connectivity index (χ0v) is 12.0. The first kappa shape index (κ1) is 15.4. The largest absolute Gasteiger partial charge is 0.301 e. The number of fused-ring (bicyclic) bond motifs is 1. The normalized spacial score (nSPS) is 10.4. The molecule has 0 fully saturated rings. The molecule has 0 bridgehead atoms. The SMILES string of the molecule is CCC.CN(C)CC(=O)n1ccc2cc(F)ccc21. The van der Waals surface area contributed by atoms with Crippen LogP contribution in [-0.4, -0.2) is 36.0 Å². The fraction of sp³-hybridized carbons (Fsp3) is 0.400. The Morgan fingerprint density at radius 1 is 1.26 bits per heavy atom. The molecule has 104 valence electrons. The second kappa shape index (κ2) is 7.04. The molecule has 0 saturated carbocycles. The number of aromatic nitrogens is 1. The van der Waals surface area contributed by atoms with Crippen molar-refractivity contribution in [2.75, 3.05) is 20.6 Å². The fourth-order valence-corrected chi connectivity index (χ4v) is 1.68. The lowest BCUT2D eigenvalue weighted by molar-refractivity contribution is 0.0882. The highest BCUT2D eigenvalue weighted by molar-refractivity contribution is 5.93. The van der Waals surface area contributed by atoms with Crippen molar-refractivity contribution in [2.45, 2.75) is 20.3 Å². The van der Waals surface area contributed by atoms with Gasteiger partial charge in [0.2, 0.25) is 5.91 Å². The number of carbonyl (C=O) groups is 1. The maximum Gasteiger partial charge on any atom is 0.245 e. The summed E-state index contributed by atoms with van der Waals surface area (Å²) in [6, 6.07) is 6.15. The third-order valence-electron chi connectivity index (χ3n) is 2.37. The monoisotopic (exact) mass is 264 g/mol. The summed E-state index contributed by atoms with van der Waals surface area (Å²) in [6.45, 7) is 4.58.